The first kappa shape index (κ1) is 15.5. The van der Waals surface area contributed by atoms with E-state index < -0.39 is 5.82 Å². The van der Waals surface area contributed by atoms with Crippen LogP contribution in [0.25, 0.3) is 0 Å². The van der Waals surface area contributed by atoms with E-state index in [-0.39, 0.29) is 18.4 Å². The molecule has 0 aliphatic carbocycles. The van der Waals surface area contributed by atoms with Crippen LogP contribution in [0.4, 0.5) is 4.39 Å². The molecular formula is C17H17ClFNO. The van der Waals surface area contributed by atoms with Crippen LogP contribution >= 0.6 is 11.6 Å². The number of halogens is 2. The normalized spacial score (nSPS) is 12.0. The van der Waals surface area contributed by atoms with Crippen molar-refractivity contribution < 1.29 is 9.18 Å². The zero-order chi connectivity index (χ0) is 15.4. The SMILES string of the molecule is Cc1ccc(C(C)NC(=O)Cc2ccc(Cl)cc2F)cc1. The summed E-state index contributed by atoms with van der Waals surface area (Å²) in [5, 5.41) is 3.19. The molecule has 1 unspecified atom stereocenters. The number of hydrogen-bond acceptors (Lipinski definition) is 1. The quantitative estimate of drug-likeness (QED) is 0.901. The number of nitrogens with one attached hydrogen (secondary N) is 1. The van der Waals surface area contributed by atoms with Gasteiger partial charge in [0.2, 0.25) is 5.91 Å². The smallest absolute Gasteiger partial charge is 0.225 e. The Morgan fingerprint density at radius 3 is 2.52 bits per heavy atom. The van der Waals surface area contributed by atoms with Gasteiger partial charge < -0.3 is 5.32 Å². The highest BCUT2D eigenvalue weighted by Crippen LogP contribution is 2.16. The standard InChI is InChI=1S/C17H17ClFNO/c1-11-3-5-13(6-4-11)12(2)20-17(21)9-14-7-8-15(18)10-16(14)19/h3-8,10,12H,9H2,1-2H3,(H,20,21). The van der Waals surface area contributed by atoms with Crippen LogP contribution in [0.2, 0.25) is 5.02 Å². The minimum atomic E-state index is -0.458. The molecule has 0 radical (unpaired) electrons. The molecule has 2 rings (SSSR count). The molecule has 0 fully saturated rings. The Labute approximate surface area is 128 Å². The molecule has 0 aromatic heterocycles. The van der Waals surface area contributed by atoms with E-state index in [4.69, 9.17) is 11.6 Å². The van der Waals surface area contributed by atoms with Crippen molar-refractivity contribution in [1.82, 2.24) is 5.32 Å². The van der Waals surface area contributed by atoms with E-state index in [0.29, 0.717) is 10.6 Å². The Hall–Kier alpha value is -1.87. The van der Waals surface area contributed by atoms with E-state index in [1.54, 1.807) is 6.07 Å². The van der Waals surface area contributed by atoms with Gasteiger partial charge in [-0.15, -0.1) is 0 Å². The zero-order valence-electron chi connectivity index (χ0n) is 12.0. The van der Waals surface area contributed by atoms with Crippen LogP contribution in [-0.4, -0.2) is 5.91 Å². The van der Waals surface area contributed by atoms with Gasteiger partial charge in [-0.2, -0.15) is 0 Å². The summed E-state index contributed by atoms with van der Waals surface area (Å²) >= 11 is 5.69. The summed E-state index contributed by atoms with van der Waals surface area (Å²) in [6.45, 7) is 3.91. The molecule has 0 heterocycles. The van der Waals surface area contributed by atoms with Gasteiger partial charge in [0.25, 0.3) is 0 Å². The third-order valence-electron chi connectivity index (χ3n) is 3.32. The van der Waals surface area contributed by atoms with Gasteiger partial charge in [0.15, 0.2) is 0 Å². The van der Waals surface area contributed by atoms with Crippen LogP contribution in [0.1, 0.15) is 29.7 Å². The van der Waals surface area contributed by atoms with E-state index in [1.165, 1.54) is 17.7 Å². The highest BCUT2D eigenvalue weighted by atomic mass is 35.5. The fraction of sp³-hybridized carbons (Fsp3) is 0.235. The summed E-state index contributed by atoms with van der Waals surface area (Å²) in [7, 11) is 0. The van der Waals surface area contributed by atoms with Crippen LogP contribution in [0.3, 0.4) is 0 Å². The first-order valence-electron chi connectivity index (χ1n) is 6.75. The molecule has 1 atom stereocenters. The summed E-state index contributed by atoms with van der Waals surface area (Å²) in [6, 6.07) is 12.2. The number of carbonyl (C=O) groups excluding carboxylic acids is 1. The van der Waals surface area contributed by atoms with Gasteiger partial charge in [-0.3, -0.25) is 4.79 Å². The van der Waals surface area contributed by atoms with E-state index in [9.17, 15) is 9.18 Å². The molecule has 0 spiro atoms. The second-order valence-corrected chi connectivity index (χ2v) is 5.55. The van der Waals surface area contributed by atoms with Gasteiger partial charge in [-0.1, -0.05) is 47.5 Å². The van der Waals surface area contributed by atoms with Crippen LogP contribution < -0.4 is 5.32 Å². The maximum atomic E-state index is 13.7. The van der Waals surface area contributed by atoms with Gasteiger partial charge in [0, 0.05) is 5.02 Å². The van der Waals surface area contributed by atoms with Crippen molar-refractivity contribution in [2.45, 2.75) is 26.3 Å². The number of aryl methyl sites for hydroxylation is 1. The minimum Gasteiger partial charge on any atom is -0.349 e. The lowest BCUT2D eigenvalue weighted by atomic mass is 10.1. The van der Waals surface area contributed by atoms with Crippen molar-refractivity contribution in [3.63, 3.8) is 0 Å². The van der Waals surface area contributed by atoms with Crippen molar-refractivity contribution in [2.75, 3.05) is 0 Å². The average molecular weight is 306 g/mol. The lowest BCUT2D eigenvalue weighted by molar-refractivity contribution is -0.121. The summed E-state index contributed by atoms with van der Waals surface area (Å²) in [5.41, 5.74) is 2.53. The van der Waals surface area contributed by atoms with Crippen molar-refractivity contribution in [2.24, 2.45) is 0 Å². The van der Waals surface area contributed by atoms with Crippen LogP contribution in [-0.2, 0) is 11.2 Å². The number of benzene rings is 2. The maximum absolute atomic E-state index is 13.7. The monoisotopic (exact) mass is 305 g/mol. The summed E-state index contributed by atoms with van der Waals surface area (Å²) < 4.78 is 13.7. The number of amides is 1. The third-order valence-corrected chi connectivity index (χ3v) is 3.56. The molecule has 2 aromatic rings. The predicted molar refractivity (Wildman–Crippen MR) is 82.9 cm³/mol. The molecule has 0 aliphatic rings. The molecular weight excluding hydrogens is 289 g/mol. The predicted octanol–water partition coefficient (Wildman–Crippen LogP) is 4.21. The Kier molecular flexibility index (Phi) is 4.97. The lowest BCUT2D eigenvalue weighted by Gasteiger charge is -2.15. The molecule has 0 aliphatic heterocycles. The minimum absolute atomic E-state index is 0.000790. The van der Waals surface area contributed by atoms with Crippen molar-refractivity contribution in [3.8, 4) is 0 Å². The Morgan fingerprint density at radius 2 is 1.90 bits per heavy atom. The van der Waals surface area contributed by atoms with Gasteiger partial charge in [0.05, 0.1) is 12.5 Å². The van der Waals surface area contributed by atoms with Gasteiger partial charge >= 0.3 is 0 Å². The fourth-order valence-corrected chi connectivity index (χ4v) is 2.23. The van der Waals surface area contributed by atoms with E-state index in [2.05, 4.69) is 5.32 Å². The topological polar surface area (TPSA) is 29.1 Å². The summed E-state index contributed by atoms with van der Waals surface area (Å²) in [6.07, 6.45) is -0.000790. The van der Waals surface area contributed by atoms with Gasteiger partial charge in [-0.25, -0.2) is 4.39 Å². The largest absolute Gasteiger partial charge is 0.349 e. The van der Waals surface area contributed by atoms with Gasteiger partial charge in [-0.05, 0) is 37.1 Å². The molecule has 0 saturated carbocycles. The Balaban J connectivity index is 1.99. The van der Waals surface area contributed by atoms with E-state index in [1.807, 2.05) is 38.1 Å². The van der Waals surface area contributed by atoms with Crippen LogP contribution in [0.15, 0.2) is 42.5 Å². The van der Waals surface area contributed by atoms with Crippen LogP contribution in [0.5, 0.6) is 0 Å². The second kappa shape index (κ2) is 6.72. The molecule has 21 heavy (non-hydrogen) atoms. The number of hydrogen-bond donors (Lipinski definition) is 1. The van der Waals surface area contributed by atoms with Crippen LogP contribution in [0, 0.1) is 12.7 Å². The highest BCUT2D eigenvalue weighted by molar-refractivity contribution is 6.30. The molecule has 1 amide bonds. The first-order chi connectivity index (χ1) is 9.95. The molecule has 1 N–H and O–H groups in total. The molecule has 4 heteroatoms. The molecule has 0 saturated heterocycles. The molecule has 110 valence electrons. The lowest BCUT2D eigenvalue weighted by Crippen LogP contribution is -2.28. The maximum Gasteiger partial charge on any atom is 0.225 e. The summed E-state index contributed by atoms with van der Waals surface area (Å²) in [5.74, 6) is -0.676. The molecule has 2 nitrogen and oxygen atoms in total. The Bertz CT molecular complexity index is 640. The average Bonchev–Trinajstić information content (AvgIpc) is 2.42. The van der Waals surface area contributed by atoms with Crippen molar-refractivity contribution >= 4 is 17.5 Å². The zero-order valence-corrected chi connectivity index (χ0v) is 12.7. The van der Waals surface area contributed by atoms with Crippen molar-refractivity contribution in [3.05, 3.63) is 70.0 Å². The first-order valence-corrected chi connectivity index (χ1v) is 7.13. The molecule has 2 aromatic carbocycles. The third kappa shape index (κ3) is 4.30. The highest BCUT2D eigenvalue weighted by Gasteiger charge is 2.12. The number of carbonyl (C=O) groups is 1. The molecule has 0 bridgehead atoms. The number of rotatable bonds is 4. The van der Waals surface area contributed by atoms with Crippen molar-refractivity contribution in [1.29, 1.82) is 0 Å². The van der Waals surface area contributed by atoms with E-state index >= 15 is 0 Å². The van der Waals surface area contributed by atoms with E-state index in [0.717, 1.165) is 5.56 Å². The second-order valence-electron chi connectivity index (χ2n) is 5.11. The summed E-state index contributed by atoms with van der Waals surface area (Å²) in [4.78, 5) is 12.0. The fourth-order valence-electron chi connectivity index (χ4n) is 2.07. The Morgan fingerprint density at radius 1 is 1.24 bits per heavy atom. The van der Waals surface area contributed by atoms with Gasteiger partial charge in [0.1, 0.15) is 5.82 Å².